The fourth-order valence-corrected chi connectivity index (χ4v) is 4.69. The van der Waals surface area contributed by atoms with Gasteiger partial charge in [0, 0.05) is 35.3 Å². The molecule has 0 spiro atoms. The molecule has 3 aromatic carbocycles. The summed E-state index contributed by atoms with van der Waals surface area (Å²) in [6, 6.07) is 20.7. The van der Waals surface area contributed by atoms with E-state index in [1.165, 1.54) is 0 Å². The maximum atomic E-state index is 12.4. The predicted molar refractivity (Wildman–Crippen MR) is 156 cm³/mol. The Morgan fingerprint density at radius 3 is 2.46 bits per heavy atom. The number of esters is 1. The largest absolute Gasteiger partial charge is 0.493 e. The van der Waals surface area contributed by atoms with Gasteiger partial charge in [0.05, 0.1) is 19.2 Å². The van der Waals surface area contributed by atoms with Crippen molar-refractivity contribution in [2.75, 3.05) is 19.0 Å². The number of methoxy groups -OCH3 is 1. The lowest BCUT2D eigenvalue weighted by Crippen LogP contribution is -2.35. The molecule has 1 atom stereocenters. The van der Waals surface area contributed by atoms with Crippen molar-refractivity contribution >= 4 is 28.5 Å². The first-order chi connectivity index (χ1) is 20.0. The van der Waals surface area contributed by atoms with Crippen molar-refractivity contribution in [1.82, 2.24) is 4.98 Å². The van der Waals surface area contributed by atoms with Crippen molar-refractivity contribution in [3.63, 3.8) is 0 Å². The van der Waals surface area contributed by atoms with Gasteiger partial charge in [-0.05, 0) is 74.2 Å². The van der Waals surface area contributed by atoms with Crippen LogP contribution in [0.4, 0.5) is 5.69 Å². The van der Waals surface area contributed by atoms with Crippen LogP contribution >= 0.6 is 0 Å². The van der Waals surface area contributed by atoms with E-state index in [4.69, 9.17) is 24.7 Å². The monoisotopic (exact) mass is 555 g/mol. The van der Waals surface area contributed by atoms with E-state index in [1.54, 1.807) is 67.9 Å². The number of carbonyl (C=O) groups is 2. The summed E-state index contributed by atoms with van der Waals surface area (Å²) in [6.07, 6.45) is 5.89. The zero-order chi connectivity index (χ0) is 28.6. The number of hydrogen-bond acceptors (Lipinski definition) is 8. The standard InChI is InChI=1S/C32H33N3O6/c1-38-29-20-27-25(19-30(29)39-18-16-26(33)32(37)41-23-9-5-6-10-23)28(15-17-34-27)40-24-13-11-22(12-14-24)35-31(36)21-7-3-2-4-8-21/h2-4,7-8,11-15,17,19-20,23,26H,5-6,9-10,16,18,33H2,1H3,(H,35,36)/t26-/m0/s1. The first-order valence-corrected chi connectivity index (χ1v) is 13.7. The second-order valence-electron chi connectivity index (χ2n) is 9.86. The summed E-state index contributed by atoms with van der Waals surface area (Å²) in [5.41, 5.74) is 7.95. The summed E-state index contributed by atoms with van der Waals surface area (Å²) in [5.74, 6) is 1.56. The lowest BCUT2D eigenvalue weighted by Gasteiger charge is -2.17. The maximum Gasteiger partial charge on any atom is 0.323 e. The third-order valence-electron chi connectivity index (χ3n) is 6.94. The van der Waals surface area contributed by atoms with Crippen molar-refractivity contribution in [2.24, 2.45) is 5.73 Å². The van der Waals surface area contributed by atoms with E-state index < -0.39 is 12.0 Å². The van der Waals surface area contributed by atoms with E-state index in [-0.39, 0.29) is 18.6 Å². The number of nitrogens with one attached hydrogen (secondary N) is 1. The molecular formula is C32H33N3O6. The molecule has 1 fully saturated rings. The minimum atomic E-state index is -0.761. The Balaban J connectivity index is 1.24. The van der Waals surface area contributed by atoms with E-state index in [2.05, 4.69) is 10.3 Å². The van der Waals surface area contributed by atoms with Gasteiger partial charge < -0.3 is 30.0 Å². The highest BCUT2D eigenvalue weighted by Gasteiger charge is 2.23. The van der Waals surface area contributed by atoms with Gasteiger partial charge in [-0.2, -0.15) is 0 Å². The molecule has 5 rings (SSSR count). The molecular weight excluding hydrogens is 522 g/mol. The molecule has 0 saturated heterocycles. The van der Waals surface area contributed by atoms with Crippen molar-refractivity contribution < 1.29 is 28.5 Å². The van der Waals surface area contributed by atoms with Crippen molar-refractivity contribution in [1.29, 1.82) is 0 Å². The molecule has 4 aromatic rings. The molecule has 3 N–H and O–H groups in total. The summed E-state index contributed by atoms with van der Waals surface area (Å²) in [5, 5.41) is 3.60. The van der Waals surface area contributed by atoms with Gasteiger partial charge in [0.15, 0.2) is 11.5 Å². The number of carbonyl (C=O) groups excluding carboxylic acids is 2. The summed E-state index contributed by atoms with van der Waals surface area (Å²) >= 11 is 0. The lowest BCUT2D eigenvalue weighted by molar-refractivity contribution is -0.150. The Kier molecular flexibility index (Phi) is 8.95. The summed E-state index contributed by atoms with van der Waals surface area (Å²) in [7, 11) is 1.55. The van der Waals surface area contributed by atoms with Gasteiger partial charge >= 0.3 is 5.97 Å². The Labute approximate surface area is 238 Å². The lowest BCUT2D eigenvalue weighted by atomic mass is 10.1. The number of rotatable bonds is 11. The van der Waals surface area contributed by atoms with E-state index in [9.17, 15) is 9.59 Å². The van der Waals surface area contributed by atoms with Gasteiger partial charge in [-0.25, -0.2) is 0 Å². The summed E-state index contributed by atoms with van der Waals surface area (Å²) in [4.78, 5) is 29.2. The molecule has 9 nitrogen and oxygen atoms in total. The van der Waals surface area contributed by atoms with Crippen LogP contribution in [0.3, 0.4) is 0 Å². The highest BCUT2D eigenvalue weighted by Crippen LogP contribution is 2.37. The molecule has 0 bridgehead atoms. The SMILES string of the molecule is COc1cc2nccc(Oc3ccc(NC(=O)c4ccccc4)cc3)c2cc1OCC[C@H](N)C(=O)OC1CCCC1. The minimum absolute atomic E-state index is 0.0229. The quantitative estimate of drug-likeness (QED) is 0.220. The Morgan fingerprint density at radius 1 is 0.976 bits per heavy atom. The molecule has 1 heterocycles. The fraction of sp³-hybridized carbons (Fsp3) is 0.281. The molecule has 9 heteroatoms. The second kappa shape index (κ2) is 13.1. The molecule has 1 aromatic heterocycles. The number of fused-ring (bicyclic) bond motifs is 1. The zero-order valence-electron chi connectivity index (χ0n) is 22.9. The molecule has 0 unspecified atom stereocenters. The van der Waals surface area contributed by atoms with E-state index in [0.29, 0.717) is 46.2 Å². The van der Waals surface area contributed by atoms with Crippen LogP contribution in [0.2, 0.25) is 0 Å². The normalized spacial score (nSPS) is 13.9. The van der Waals surface area contributed by atoms with Crippen molar-refractivity contribution in [3.8, 4) is 23.0 Å². The molecule has 212 valence electrons. The van der Waals surface area contributed by atoms with E-state index in [0.717, 1.165) is 31.1 Å². The topological polar surface area (TPSA) is 122 Å². The number of aromatic nitrogens is 1. The fourth-order valence-electron chi connectivity index (χ4n) is 4.69. The number of nitrogens with zero attached hydrogens (tertiary/aromatic N) is 1. The van der Waals surface area contributed by atoms with Gasteiger partial charge in [-0.3, -0.25) is 14.6 Å². The van der Waals surface area contributed by atoms with Gasteiger partial charge in [-0.15, -0.1) is 0 Å². The van der Waals surface area contributed by atoms with Gasteiger partial charge in [0.2, 0.25) is 0 Å². The first-order valence-electron chi connectivity index (χ1n) is 13.7. The number of pyridine rings is 1. The third-order valence-corrected chi connectivity index (χ3v) is 6.94. The average molecular weight is 556 g/mol. The average Bonchev–Trinajstić information content (AvgIpc) is 3.51. The number of hydrogen-bond donors (Lipinski definition) is 2. The number of nitrogens with two attached hydrogens (primary N) is 1. The molecule has 41 heavy (non-hydrogen) atoms. The van der Waals surface area contributed by atoms with Crippen LogP contribution in [0, 0.1) is 0 Å². The number of anilines is 1. The van der Waals surface area contributed by atoms with E-state index in [1.807, 2.05) is 18.2 Å². The molecule has 0 aliphatic heterocycles. The van der Waals surface area contributed by atoms with Crippen LogP contribution in [0.15, 0.2) is 79.0 Å². The molecule has 1 aliphatic carbocycles. The first kappa shape index (κ1) is 27.9. The van der Waals surface area contributed by atoms with Crippen LogP contribution in [0.5, 0.6) is 23.0 Å². The highest BCUT2D eigenvalue weighted by molar-refractivity contribution is 6.04. The van der Waals surface area contributed by atoms with E-state index >= 15 is 0 Å². The smallest absolute Gasteiger partial charge is 0.323 e. The van der Waals surface area contributed by atoms with Crippen LogP contribution in [-0.2, 0) is 9.53 Å². The molecule has 0 radical (unpaired) electrons. The number of benzene rings is 3. The van der Waals surface area contributed by atoms with Crippen LogP contribution < -0.4 is 25.3 Å². The predicted octanol–water partition coefficient (Wildman–Crippen LogP) is 5.87. The van der Waals surface area contributed by atoms with Gasteiger partial charge in [0.25, 0.3) is 5.91 Å². The molecule has 1 amide bonds. The number of amides is 1. The zero-order valence-corrected chi connectivity index (χ0v) is 22.9. The summed E-state index contributed by atoms with van der Waals surface area (Å²) < 4.78 is 23.2. The van der Waals surface area contributed by atoms with Crippen LogP contribution in [0.25, 0.3) is 10.9 Å². The van der Waals surface area contributed by atoms with Crippen LogP contribution in [0.1, 0.15) is 42.5 Å². The minimum Gasteiger partial charge on any atom is -0.493 e. The van der Waals surface area contributed by atoms with Crippen molar-refractivity contribution in [3.05, 3.63) is 84.6 Å². The van der Waals surface area contributed by atoms with Crippen molar-refractivity contribution in [2.45, 2.75) is 44.2 Å². The van der Waals surface area contributed by atoms with Gasteiger partial charge in [0.1, 0.15) is 23.6 Å². The molecule has 1 saturated carbocycles. The molecule has 1 aliphatic rings. The Morgan fingerprint density at radius 2 is 1.73 bits per heavy atom. The Hall–Kier alpha value is -4.63. The van der Waals surface area contributed by atoms with Crippen LogP contribution in [-0.4, -0.2) is 42.7 Å². The summed E-state index contributed by atoms with van der Waals surface area (Å²) in [6.45, 7) is 0.204. The highest BCUT2D eigenvalue weighted by atomic mass is 16.5. The van der Waals surface area contributed by atoms with Gasteiger partial charge in [-0.1, -0.05) is 18.2 Å². The second-order valence-corrected chi connectivity index (χ2v) is 9.86. The Bertz CT molecular complexity index is 1490. The third kappa shape index (κ3) is 7.12. The maximum absolute atomic E-state index is 12.4. The number of ether oxygens (including phenoxy) is 4.